The van der Waals surface area contributed by atoms with Crippen LogP contribution in [0.5, 0.6) is 0 Å². The Bertz CT molecular complexity index is 556. The first-order valence-electron chi connectivity index (χ1n) is 6.39. The molecule has 1 fully saturated rings. The fourth-order valence-corrected chi connectivity index (χ4v) is 1.79. The Morgan fingerprint density at radius 2 is 1.82 bits per heavy atom. The van der Waals surface area contributed by atoms with Gasteiger partial charge in [-0.3, -0.25) is 4.84 Å². The van der Waals surface area contributed by atoms with Crippen LogP contribution in [-0.4, -0.2) is 36.4 Å². The molecule has 0 atom stereocenters. The number of hydrazine groups is 1. The number of aliphatic imine (C=N–C) groups is 1. The minimum absolute atomic E-state index is 0.0991. The Morgan fingerprint density at radius 1 is 1.18 bits per heavy atom. The van der Waals surface area contributed by atoms with Crippen molar-refractivity contribution < 1.29 is 18.0 Å². The molecule has 2 rings (SSSR count). The zero-order valence-corrected chi connectivity index (χ0v) is 11.5. The molecular weight excluding hydrogens is 301 g/mol. The fraction of sp³-hybridized carbons (Fsp3) is 0.333. The lowest BCUT2D eigenvalue weighted by atomic mass is 10.2. The number of nitrogens with two attached hydrogens (primary N) is 2. The van der Waals surface area contributed by atoms with Gasteiger partial charge in [-0.15, -0.1) is 13.2 Å². The van der Waals surface area contributed by atoms with Crippen LogP contribution in [0.3, 0.4) is 0 Å². The number of oxime groups is 1. The van der Waals surface area contributed by atoms with E-state index in [2.05, 4.69) is 15.0 Å². The van der Waals surface area contributed by atoms with Gasteiger partial charge in [-0.1, -0.05) is 18.2 Å². The first-order valence-corrected chi connectivity index (χ1v) is 6.39. The van der Waals surface area contributed by atoms with Crippen molar-refractivity contribution in [3.8, 4) is 0 Å². The second kappa shape index (κ2) is 6.52. The van der Waals surface area contributed by atoms with Gasteiger partial charge < -0.3 is 11.5 Å². The maximum absolute atomic E-state index is 11.9. The Hall–Kier alpha value is -2.49. The summed E-state index contributed by atoms with van der Waals surface area (Å²) in [5.41, 5.74) is 11.8. The number of para-hydroxylation sites is 1. The molecule has 0 aliphatic carbocycles. The van der Waals surface area contributed by atoms with Crippen molar-refractivity contribution in [2.24, 2.45) is 21.6 Å². The third-order valence-corrected chi connectivity index (χ3v) is 2.80. The largest absolute Gasteiger partial charge is 0.593 e. The molecule has 1 aromatic rings. The number of nitrogens with zero attached hydrogens (tertiary/aromatic N) is 4. The van der Waals surface area contributed by atoms with Gasteiger partial charge in [0.05, 0.1) is 5.69 Å². The molecule has 0 unspecified atom stereocenters. The summed E-state index contributed by atoms with van der Waals surface area (Å²) in [5, 5.41) is 6.12. The molecule has 7 nitrogen and oxygen atoms in total. The number of halogens is 3. The molecule has 0 spiro atoms. The van der Waals surface area contributed by atoms with Gasteiger partial charge in [0, 0.05) is 13.1 Å². The molecule has 0 saturated carbocycles. The monoisotopic (exact) mass is 316 g/mol. The van der Waals surface area contributed by atoms with Crippen molar-refractivity contribution in [2.45, 2.75) is 12.8 Å². The van der Waals surface area contributed by atoms with Crippen LogP contribution in [0.4, 0.5) is 18.9 Å². The molecule has 1 aliphatic heterocycles. The van der Waals surface area contributed by atoms with Crippen LogP contribution in [0.1, 0.15) is 6.42 Å². The van der Waals surface area contributed by atoms with Crippen molar-refractivity contribution in [2.75, 3.05) is 18.1 Å². The van der Waals surface area contributed by atoms with Gasteiger partial charge in [-0.05, 0) is 23.7 Å². The molecule has 4 N–H and O–H groups in total. The standard InChI is InChI=1S/C12H15F3N6O/c13-12(14,15)22-19-10(16)18-11(17)21(20-7-4-8-20)9-5-2-1-3-6-9/h1-3,5-6H,4,7-8H2,(H4,16,17,18,19). The molecule has 0 aromatic heterocycles. The van der Waals surface area contributed by atoms with Gasteiger partial charge in [0.25, 0.3) is 5.96 Å². The van der Waals surface area contributed by atoms with Crippen LogP contribution in [0.25, 0.3) is 0 Å². The highest BCUT2D eigenvalue weighted by molar-refractivity contribution is 6.01. The van der Waals surface area contributed by atoms with E-state index in [9.17, 15) is 13.2 Å². The molecular formula is C12H15F3N6O. The summed E-state index contributed by atoms with van der Waals surface area (Å²) in [4.78, 5) is 6.89. The van der Waals surface area contributed by atoms with Gasteiger partial charge >= 0.3 is 6.36 Å². The smallest absolute Gasteiger partial charge is 0.368 e. The summed E-state index contributed by atoms with van der Waals surface area (Å²) < 4.78 is 35.7. The third kappa shape index (κ3) is 4.25. The van der Waals surface area contributed by atoms with Gasteiger partial charge in [0.2, 0.25) is 5.96 Å². The number of hydrogen-bond acceptors (Lipinski definition) is 3. The second-order valence-corrected chi connectivity index (χ2v) is 4.41. The molecule has 0 radical (unpaired) electrons. The molecule has 1 saturated heterocycles. The molecule has 120 valence electrons. The molecule has 10 heteroatoms. The quantitative estimate of drug-likeness (QED) is 0.496. The minimum Gasteiger partial charge on any atom is -0.368 e. The van der Waals surface area contributed by atoms with Crippen molar-refractivity contribution in [3.05, 3.63) is 30.3 Å². The van der Waals surface area contributed by atoms with Crippen molar-refractivity contribution >= 4 is 17.6 Å². The maximum Gasteiger partial charge on any atom is 0.593 e. The fourth-order valence-electron chi connectivity index (χ4n) is 1.79. The number of alkyl halides is 3. The molecule has 0 bridgehead atoms. The van der Waals surface area contributed by atoms with Crippen LogP contribution in [0.2, 0.25) is 0 Å². The van der Waals surface area contributed by atoms with Gasteiger partial charge in [-0.2, -0.15) is 4.99 Å². The maximum atomic E-state index is 11.9. The van der Waals surface area contributed by atoms with Crippen molar-refractivity contribution in [1.82, 2.24) is 5.01 Å². The number of guanidine groups is 2. The lowest BCUT2D eigenvalue weighted by Crippen LogP contribution is -2.56. The number of hydrogen-bond donors (Lipinski definition) is 2. The van der Waals surface area contributed by atoms with E-state index in [-0.39, 0.29) is 5.96 Å². The Balaban J connectivity index is 2.18. The van der Waals surface area contributed by atoms with E-state index >= 15 is 0 Å². The van der Waals surface area contributed by atoms with Crippen LogP contribution in [-0.2, 0) is 4.84 Å². The molecule has 22 heavy (non-hydrogen) atoms. The molecule has 1 aromatic carbocycles. The summed E-state index contributed by atoms with van der Waals surface area (Å²) in [6.07, 6.45) is -3.94. The van der Waals surface area contributed by atoms with E-state index in [4.69, 9.17) is 11.5 Å². The zero-order chi connectivity index (χ0) is 16.2. The highest BCUT2D eigenvalue weighted by Crippen LogP contribution is 2.20. The third-order valence-electron chi connectivity index (χ3n) is 2.80. The van der Waals surface area contributed by atoms with E-state index in [1.54, 1.807) is 29.3 Å². The van der Waals surface area contributed by atoms with Gasteiger partial charge in [0.15, 0.2) is 0 Å². The molecule has 1 heterocycles. The Morgan fingerprint density at radius 3 is 2.32 bits per heavy atom. The summed E-state index contributed by atoms with van der Waals surface area (Å²) >= 11 is 0. The molecule has 0 amide bonds. The SMILES string of the molecule is NC(=NOC(F)(F)F)N=C(N)N(c1ccccc1)N1CCC1. The molecule has 1 aliphatic rings. The highest BCUT2D eigenvalue weighted by atomic mass is 19.4. The van der Waals surface area contributed by atoms with E-state index in [0.717, 1.165) is 19.5 Å². The van der Waals surface area contributed by atoms with E-state index in [1.165, 1.54) is 0 Å². The predicted octanol–water partition coefficient (Wildman–Crippen LogP) is 1.19. The average Bonchev–Trinajstić information content (AvgIpc) is 2.40. The van der Waals surface area contributed by atoms with Gasteiger partial charge in [-0.25, -0.2) is 10.0 Å². The lowest BCUT2D eigenvalue weighted by Gasteiger charge is -2.41. The van der Waals surface area contributed by atoms with Crippen LogP contribution < -0.4 is 16.5 Å². The van der Waals surface area contributed by atoms with Crippen LogP contribution in [0.15, 0.2) is 40.5 Å². The number of rotatable bonds is 3. The summed E-state index contributed by atoms with van der Waals surface area (Å²) in [5.74, 6) is -0.825. The Labute approximate surface area is 124 Å². The lowest BCUT2D eigenvalue weighted by molar-refractivity contribution is -0.325. The summed E-state index contributed by atoms with van der Waals surface area (Å²) in [6.45, 7) is 1.50. The first-order chi connectivity index (χ1) is 10.4. The number of benzene rings is 1. The van der Waals surface area contributed by atoms with E-state index < -0.39 is 12.3 Å². The average molecular weight is 316 g/mol. The Kier molecular flexibility index (Phi) is 4.71. The second-order valence-electron chi connectivity index (χ2n) is 4.41. The van der Waals surface area contributed by atoms with Crippen LogP contribution >= 0.6 is 0 Å². The summed E-state index contributed by atoms with van der Waals surface area (Å²) in [6, 6.07) is 9.03. The number of anilines is 1. The zero-order valence-electron chi connectivity index (χ0n) is 11.5. The topological polar surface area (TPSA) is 92.5 Å². The predicted molar refractivity (Wildman–Crippen MR) is 75.5 cm³/mol. The minimum atomic E-state index is -4.93. The van der Waals surface area contributed by atoms with Crippen molar-refractivity contribution in [1.29, 1.82) is 0 Å². The van der Waals surface area contributed by atoms with Crippen LogP contribution in [0, 0.1) is 0 Å². The van der Waals surface area contributed by atoms with Crippen molar-refractivity contribution in [3.63, 3.8) is 0 Å². The van der Waals surface area contributed by atoms with E-state index in [0.29, 0.717) is 5.69 Å². The normalized spacial score (nSPS) is 17.0. The van der Waals surface area contributed by atoms with Gasteiger partial charge in [0.1, 0.15) is 0 Å². The van der Waals surface area contributed by atoms with E-state index in [1.807, 2.05) is 11.1 Å². The summed E-state index contributed by atoms with van der Waals surface area (Å²) in [7, 11) is 0. The highest BCUT2D eigenvalue weighted by Gasteiger charge is 2.31. The first kappa shape index (κ1) is 15.9.